The number of hydrogen-bond donors (Lipinski definition) is 1. The first-order chi connectivity index (χ1) is 8.71. The molecule has 0 saturated carbocycles. The van der Waals surface area contributed by atoms with Crippen LogP contribution in [-0.4, -0.2) is 31.1 Å². The molecular weight excluding hydrogens is 246 g/mol. The Balaban J connectivity index is 3.20. The molecule has 5 heteroatoms. The molecule has 1 rings (SSSR count). The van der Waals surface area contributed by atoms with Crippen molar-refractivity contribution in [3.8, 4) is 5.75 Å². The zero-order valence-corrected chi connectivity index (χ0v) is 11.9. The summed E-state index contributed by atoms with van der Waals surface area (Å²) in [5.41, 5.74) is 0.0363. The second kappa shape index (κ2) is 5.30. The smallest absolute Gasteiger partial charge is 0.318 e. The SMILES string of the molecule is COc1ccc(C)cc1N(C)C(=O)C(C)(C)C(=O)O. The van der Waals surface area contributed by atoms with Gasteiger partial charge in [0.15, 0.2) is 0 Å². The van der Waals surface area contributed by atoms with Crippen LogP contribution < -0.4 is 9.64 Å². The second-order valence-electron chi connectivity index (χ2n) is 4.97. The largest absolute Gasteiger partial charge is 0.495 e. The lowest BCUT2D eigenvalue weighted by Gasteiger charge is -2.27. The zero-order valence-electron chi connectivity index (χ0n) is 11.9. The van der Waals surface area contributed by atoms with E-state index in [9.17, 15) is 9.59 Å². The van der Waals surface area contributed by atoms with Gasteiger partial charge < -0.3 is 14.7 Å². The van der Waals surface area contributed by atoms with Crippen LogP contribution in [0.25, 0.3) is 0 Å². The van der Waals surface area contributed by atoms with Gasteiger partial charge in [0.25, 0.3) is 0 Å². The highest BCUT2D eigenvalue weighted by Crippen LogP contribution is 2.31. The van der Waals surface area contributed by atoms with E-state index in [2.05, 4.69) is 0 Å². The normalized spacial score (nSPS) is 11.0. The Hall–Kier alpha value is -2.04. The number of nitrogens with zero attached hydrogens (tertiary/aromatic N) is 1. The van der Waals surface area contributed by atoms with Gasteiger partial charge in [-0.25, -0.2) is 0 Å². The van der Waals surface area contributed by atoms with Crippen LogP contribution in [0.5, 0.6) is 5.75 Å². The molecule has 0 aromatic heterocycles. The van der Waals surface area contributed by atoms with Crippen LogP contribution in [0.4, 0.5) is 5.69 Å². The lowest BCUT2D eigenvalue weighted by atomic mass is 9.91. The highest BCUT2D eigenvalue weighted by Gasteiger charge is 2.39. The number of benzene rings is 1. The minimum absolute atomic E-state index is 0.496. The van der Waals surface area contributed by atoms with Crippen LogP contribution in [-0.2, 0) is 9.59 Å². The van der Waals surface area contributed by atoms with Crippen molar-refractivity contribution in [2.45, 2.75) is 20.8 Å². The van der Waals surface area contributed by atoms with Gasteiger partial charge in [-0.05, 0) is 38.5 Å². The van der Waals surface area contributed by atoms with Crippen molar-refractivity contribution in [1.29, 1.82) is 0 Å². The molecule has 104 valence electrons. The van der Waals surface area contributed by atoms with Gasteiger partial charge >= 0.3 is 5.97 Å². The zero-order chi connectivity index (χ0) is 14.8. The fraction of sp³-hybridized carbons (Fsp3) is 0.429. The Kier molecular flexibility index (Phi) is 4.19. The first kappa shape index (κ1) is 15.0. The summed E-state index contributed by atoms with van der Waals surface area (Å²) in [6.45, 7) is 4.66. The Bertz CT molecular complexity index is 508. The number of aliphatic carboxylic acids is 1. The maximum Gasteiger partial charge on any atom is 0.318 e. The van der Waals surface area contributed by atoms with E-state index >= 15 is 0 Å². The Morgan fingerprint density at radius 3 is 2.37 bits per heavy atom. The first-order valence-corrected chi connectivity index (χ1v) is 5.88. The van der Waals surface area contributed by atoms with Crippen LogP contribution in [0.15, 0.2) is 18.2 Å². The molecule has 1 N–H and O–H groups in total. The summed E-state index contributed by atoms with van der Waals surface area (Å²) in [6.07, 6.45) is 0. The average Bonchev–Trinajstić information content (AvgIpc) is 2.36. The van der Waals surface area contributed by atoms with Crippen molar-refractivity contribution >= 4 is 17.6 Å². The van der Waals surface area contributed by atoms with Gasteiger partial charge in [-0.3, -0.25) is 9.59 Å². The van der Waals surface area contributed by atoms with E-state index in [-0.39, 0.29) is 0 Å². The van der Waals surface area contributed by atoms with Gasteiger partial charge in [0.1, 0.15) is 11.2 Å². The summed E-state index contributed by atoms with van der Waals surface area (Å²) in [5.74, 6) is -1.12. The van der Waals surface area contributed by atoms with E-state index in [1.54, 1.807) is 19.2 Å². The number of anilines is 1. The molecule has 19 heavy (non-hydrogen) atoms. The number of rotatable bonds is 4. The molecule has 1 aromatic carbocycles. The summed E-state index contributed by atoms with van der Waals surface area (Å²) in [4.78, 5) is 24.7. The van der Waals surface area contributed by atoms with Crippen LogP contribution in [0.3, 0.4) is 0 Å². The molecule has 0 saturated heterocycles. The number of methoxy groups -OCH3 is 1. The predicted octanol–water partition coefficient (Wildman–Crippen LogP) is 2.08. The summed E-state index contributed by atoms with van der Waals surface area (Å²) in [5, 5.41) is 9.11. The number of carboxylic acid groups (broad SMARTS) is 1. The number of ether oxygens (including phenoxy) is 1. The number of hydrogen-bond acceptors (Lipinski definition) is 3. The Morgan fingerprint density at radius 2 is 1.89 bits per heavy atom. The van der Waals surface area contributed by atoms with E-state index in [1.807, 2.05) is 13.0 Å². The monoisotopic (exact) mass is 265 g/mol. The number of amides is 1. The molecule has 0 radical (unpaired) electrons. The fourth-order valence-corrected chi connectivity index (χ4v) is 1.68. The van der Waals surface area contributed by atoms with E-state index in [0.29, 0.717) is 11.4 Å². The summed E-state index contributed by atoms with van der Waals surface area (Å²) >= 11 is 0. The average molecular weight is 265 g/mol. The summed E-state index contributed by atoms with van der Waals surface area (Å²) < 4.78 is 5.20. The van der Waals surface area contributed by atoms with Gasteiger partial charge in [-0.2, -0.15) is 0 Å². The van der Waals surface area contributed by atoms with E-state index < -0.39 is 17.3 Å². The molecule has 0 atom stereocenters. The number of carboxylic acids is 1. The topological polar surface area (TPSA) is 66.8 Å². The first-order valence-electron chi connectivity index (χ1n) is 5.88. The minimum Gasteiger partial charge on any atom is -0.495 e. The quantitative estimate of drug-likeness (QED) is 0.846. The molecule has 0 aliphatic rings. The lowest BCUT2D eigenvalue weighted by Crippen LogP contribution is -2.43. The molecule has 0 aliphatic heterocycles. The van der Waals surface area contributed by atoms with Gasteiger partial charge in [-0.1, -0.05) is 6.07 Å². The highest BCUT2D eigenvalue weighted by molar-refractivity contribution is 6.09. The molecule has 0 heterocycles. The molecule has 5 nitrogen and oxygen atoms in total. The van der Waals surface area contributed by atoms with Crippen LogP contribution in [0, 0.1) is 12.3 Å². The van der Waals surface area contributed by atoms with Gasteiger partial charge in [0, 0.05) is 7.05 Å². The van der Waals surface area contributed by atoms with Gasteiger partial charge in [0.2, 0.25) is 5.91 Å². The molecule has 0 spiro atoms. The maximum atomic E-state index is 12.3. The number of carbonyl (C=O) groups excluding carboxylic acids is 1. The third-order valence-corrected chi connectivity index (χ3v) is 3.07. The second-order valence-corrected chi connectivity index (χ2v) is 4.97. The Morgan fingerprint density at radius 1 is 1.32 bits per heavy atom. The predicted molar refractivity (Wildman–Crippen MR) is 72.6 cm³/mol. The fourth-order valence-electron chi connectivity index (χ4n) is 1.68. The van der Waals surface area contributed by atoms with Gasteiger partial charge in [0.05, 0.1) is 12.8 Å². The highest BCUT2D eigenvalue weighted by atomic mass is 16.5. The van der Waals surface area contributed by atoms with Crippen LogP contribution in [0.2, 0.25) is 0 Å². The third kappa shape index (κ3) is 2.86. The summed E-state index contributed by atoms with van der Waals surface area (Å²) in [6, 6.07) is 5.40. The third-order valence-electron chi connectivity index (χ3n) is 3.07. The van der Waals surface area contributed by atoms with E-state index in [4.69, 9.17) is 9.84 Å². The molecule has 0 fully saturated rings. The van der Waals surface area contributed by atoms with Gasteiger partial charge in [-0.15, -0.1) is 0 Å². The molecule has 1 aromatic rings. The van der Waals surface area contributed by atoms with Crippen LogP contribution in [0.1, 0.15) is 19.4 Å². The van der Waals surface area contributed by atoms with E-state index in [1.165, 1.54) is 25.9 Å². The van der Waals surface area contributed by atoms with Crippen molar-refractivity contribution in [3.63, 3.8) is 0 Å². The lowest BCUT2D eigenvalue weighted by molar-refractivity contribution is -0.152. The molecular formula is C14H19NO4. The summed E-state index contributed by atoms with van der Waals surface area (Å²) in [7, 11) is 3.05. The van der Waals surface area contributed by atoms with Crippen LogP contribution >= 0.6 is 0 Å². The maximum absolute atomic E-state index is 12.3. The molecule has 0 aliphatic carbocycles. The number of carbonyl (C=O) groups is 2. The standard InChI is InChI=1S/C14H19NO4/c1-9-6-7-11(19-5)10(8-9)15(4)12(16)14(2,3)13(17)18/h6-8H,1-5H3,(H,17,18). The molecule has 1 amide bonds. The van der Waals surface area contributed by atoms with Crippen molar-refractivity contribution in [2.75, 3.05) is 19.1 Å². The van der Waals surface area contributed by atoms with Crippen molar-refractivity contribution < 1.29 is 19.4 Å². The Labute approximate surface area is 112 Å². The molecule has 0 unspecified atom stereocenters. The molecule has 0 bridgehead atoms. The van der Waals surface area contributed by atoms with E-state index in [0.717, 1.165) is 5.56 Å². The van der Waals surface area contributed by atoms with Crippen molar-refractivity contribution in [2.24, 2.45) is 5.41 Å². The minimum atomic E-state index is -1.48. The van der Waals surface area contributed by atoms with Crippen molar-refractivity contribution in [1.82, 2.24) is 0 Å². The van der Waals surface area contributed by atoms with Crippen molar-refractivity contribution in [3.05, 3.63) is 23.8 Å². The number of aryl methyl sites for hydroxylation is 1.